The molecule has 2 N–H and O–H groups in total. The Morgan fingerprint density at radius 3 is 2.76 bits per heavy atom. The highest BCUT2D eigenvalue weighted by Crippen LogP contribution is 2.60. The normalized spacial score (nSPS) is 32.4. The van der Waals surface area contributed by atoms with E-state index in [4.69, 9.17) is 13.9 Å². The maximum Gasteiger partial charge on any atom is 0.327 e. The summed E-state index contributed by atoms with van der Waals surface area (Å²) in [4.78, 5) is 39.8. The van der Waals surface area contributed by atoms with E-state index in [1.165, 1.54) is 6.26 Å². The summed E-state index contributed by atoms with van der Waals surface area (Å²) < 4.78 is 16.3. The lowest BCUT2D eigenvalue weighted by Crippen LogP contribution is -2.56. The number of benzene rings is 1. The third-order valence-corrected chi connectivity index (χ3v) is 6.25. The Morgan fingerprint density at radius 1 is 1.24 bits per heavy atom. The number of hydrogen-bond acceptors (Lipinski definition) is 7. The summed E-state index contributed by atoms with van der Waals surface area (Å²) >= 11 is 0. The SMILES string of the molecule is CCOC(=O)[C@H]1[C@]2(C(=O)Nc3ccccc32)[C@H](c2ccco2)N[C@@]12CCOC2=O. The van der Waals surface area contributed by atoms with E-state index in [2.05, 4.69) is 10.6 Å². The molecule has 2 aromatic rings. The van der Waals surface area contributed by atoms with Crippen molar-refractivity contribution < 1.29 is 28.3 Å². The lowest BCUT2D eigenvalue weighted by Gasteiger charge is -2.34. The molecule has 4 atom stereocenters. The van der Waals surface area contributed by atoms with Gasteiger partial charge in [-0.15, -0.1) is 0 Å². The Labute approximate surface area is 166 Å². The number of ether oxygens (including phenoxy) is 2. The summed E-state index contributed by atoms with van der Waals surface area (Å²) in [7, 11) is 0. The smallest absolute Gasteiger partial charge is 0.327 e. The number of carbonyl (C=O) groups is 3. The van der Waals surface area contributed by atoms with Crippen molar-refractivity contribution in [1.29, 1.82) is 0 Å². The molecule has 4 heterocycles. The molecule has 29 heavy (non-hydrogen) atoms. The molecule has 0 bridgehead atoms. The van der Waals surface area contributed by atoms with Crippen molar-refractivity contribution in [2.24, 2.45) is 5.92 Å². The van der Waals surface area contributed by atoms with Gasteiger partial charge in [0, 0.05) is 12.1 Å². The number of nitrogens with one attached hydrogen (secondary N) is 2. The van der Waals surface area contributed by atoms with Gasteiger partial charge >= 0.3 is 11.9 Å². The second-order valence-corrected chi connectivity index (χ2v) is 7.50. The molecule has 1 aromatic carbocycles. The predicted molar refractivity (Wildman–Crippen MR) is 99.8 cm³/mol. The Bertz CT molecular complexity index is 1000. The van der Waals surface area contributed by atoms with Crippen molar-refractivity contribution in [2.45, 2.75) is 30.3 Å². The van der Waals surface area contributed by atoms with E-state index < -0.39 is 34.9 Å². The zero-order chi connectivity index (χ0) is 20.2. The lowest BCUT2D eigenvalue weighted by atomic mass is 9.63. The molecular weight excluding hydrogens is 376 g/mol. The molecule has 0 aliphatic carbocycles. The van der Waals surface area contributed by atoms with E-state index in [9.17, 15) is 14.4 Å². The van der Waals surface area contributed by atoms with Gasteiger partial charge in [-0.2, -0.15) is 0 Å². The van der Waals surface area contributed by atoms with E-state index in [0.717, 1.165) is 0 Å². The van der Waals surface area contributed by atoms with Crippen LogP contribution in [0.4, 0.5) is 5.69 Å². The van der Waals surface area contributed by atoms with Crippen molar-refractivity contribution in [3.8, 4) is 0 Å². The largest absolute Gasteiger partial charge is 0.468 e. The first kappa shape index (κ1) is 17.9. The molecule has 8 heteroatoms. The molecule has 0 unspecified atom stereocenters. The van der Waals surface area contributed by atoms with Crippen molar-refractivity contribution in [3.63, 3.8) is 0 Å². The lowest BCUT2D eigenvalue weighted by molar-refractivity contribution is -0.159. The van der Waals surface area contributed by atoms with Gasteiger partial charge in [0.05, 0.1) is 25.5 Å². The maximum absolute atomic E-state index is 13.6. The molecule has 2 fully saturated rings. The van der Waals surface area contributed by atoms with Crippen LogP contribution in [0.25, 0.3) is 0 Å². The van der Waals surface area contributed by atoms with Gasteiger partial charge in [0.15, 0.2) is 0 Å². The molecule has 3 aliphatic heterocycles. The molecule has 8 nitrogen and oxygen atoms in total. The molecule has 3 aliphatic rings. The second kappa shape index (κ2) is 6.18. The van der Waals surface area contributed by atoms with Gasteiger partial charge < -0.3 is 19.2 Å². The van der Waals surface area contributed by atoms with Gasteiger partial charge in [0.25, 0.3) is 0 Å². The van der Waals surface area contributed by atoms with Gasteiger partial charge in [0.2, 0.25) is 5.91 Å². The van der Waals surface area contributed by atoms with Crippen molar-refractivity contribution in [2.75, 3.05) is 18.5 Å². The Morgan fingerprint density at radius 2 is 2.07 bits per heavy atom. The number of esters is 2. The van der Waals surface area contributed by atoms with Crippen LogP contribution in [0.15, 0.2) is 47.1 Å². The number of rotatable bonds is 3. The molecule has 1 amide bonds. The molecule has 0 radical (unpaired) electrons. The first-order chi connectivity index (χ1) is 14.1. The first-order valence-electron chi connectivity index (χ1n) is 9.61. The fraction of sp³-hybridized carbons (Fsp3) is 0.381. The molecule has 0 saturated carbocycles. The van der Waals surface area contributed by atoms with Crippen LogP contribution in [0, 0.1) is 5.92 Å². The number of cyclic esters (lactones) is 1. The fourth-order valence-electron chi connectivity index (χ4n) is 5.18. The van der Waals surface area contributed by atoms with E-state index in [-0.39, 0.29) is 25.5 Å². The van der Waals surface area contributed by atoms with Crippen LogP contribution < -0.4 is 10.6 Å². The average molecular weight is 396 g/mol. The summed E-state index contributed by atoms with van der Waals surface area (Å²) in [6, 6.07) is 9.89. The van der Waals surface area contributed by atoms with E-state index in [1.807, 2.05) is 0 Å². The second-order valence-electron chi connectivity index (χ2n) is 7.50. The number of hydrogen-bond donors (Lipinski definition) is 2. The highest BCUT2D eigenvalue weighted by atomic mass is 16.5. The van der Waals surface area contributed by atoms with Gasteiger partial charge in [-0.25, -0.2) is 0 Å². The van der Waals surface area contributed by atoms with Crippen molar-refractivity contribution >= 4 is 23.5 Å². The quantitative estimate of drug-likeness (QED) is 0.760. The highest BCUT2D eigenvalue weighted by molar-refractivity contribution is 6.12. The van der Waals surface area contributed by atoms with Crippen LogP contribution in [0.3, 0.4) is 0 Å². The Kier molecular flexibility index (Phi) is 3.82. The molecule has 5 rings (SSSR count). The van der Waals surface area contributed by atoms with Gasteiger partial charge in [-0.3, -0.25) is 19.7 Å². The van der Waals surface area contributed by atoms with Crippen LogP contribution in [0.5, 0.6) is 0 Å². The maximum atomic E-state index is 13.6. The fourth-order valence-corrected chi connectivity index (χ4v) is 5.18. The molecule has 2 saturated heterocycles. The standard InChI is InChI=1S/C21H20N2O6/c1-2-27-17(24)15-20(9-11-29-19(20)26)23-16(14-8-5-10-28-14)21(15)12-6-3-4-7-13(12)22-18(21)25/h3-8,10,15-16,23H,2,9,11H2,1H3,(H,22,25)/t15-,16+,20+,21+/m1/s1. The minimum absolute atomic E-state index is 0.130. The van der Waals surface area contributed by atoms with E-state index >= 15 is 0 Å². The number of amides is 1. The molecule has 2 spiro atoms. The number of para-hydroxylation sites is 1. The number of carbonyl (C=O) groups excluding carboxylic acids is 3. The number of furan rings is 1. The van der Waals surface area contributed by atoms with Crippen LogP contribution in [-0.4, -0.2) is 36.6 Å². The van der Waals surface area contributed by atoms with E-state index in [1.54, 1.807) is 43.3 Å². The third-order valence-electron chi connectivity index (χ3n) is 6.25. The van der Waals surface area contributed by atoms with Gasteiger partial charge in [-0.05, 0) is 30.7 Å². The summed E-state index contributed by atoms with van der Waals surface area (Å²) in [5.41, 5.74) is -1.55. The highest BCUT2D eigenvalue weighted by Gasteiger charge is 2.76. The topological polar surface area (TPSA) is 107 Å². The zero-order valence-electron chi connectivity index (χ0n) is 15.8. The zero-order valence-corrected chi connectivity index (χ0v) is 15.8. The van der Waals surface area contributed by atoms with Crippen molar-refractivity contribution in [1.82, 2.24) is 5.32 Å². The van der Waals surface area contributed by atoms with Crippen LogP contribution >= 0.6 is 0 Å². The minimum atomic E-state index is -1.41. The van der Waals surface area contributed by atoms with Crippen LogP contribution in [0.1, 0.15) is 30.7 Å². The number of fused-ring (bicyclic) bond motifs is 2. The monoisotopic (exact) mass is 396 g/mol. The third kappa shape index (κ3) is 2.15. The Hall–Kier alpha value is -3.13. The van der Waals surface area contributed by atoms with Crippen LogP contribution in [0.2, 0.25) is 0 Å². The number of anilines is 1. The van der Waals surface area contributed by atoms with E-state index in [0.29, 0.717) is 17.0 Å². The van der Waals surface area contributed by atoms with Gasteiger partial charge in [-0.1, -0.05) is 18.2 Å². The summed E-state index contributed by atoms with van der Waals surface area (Å²) in [6.07, 6.45) is 1.75. The van der Waals surface area contributed by atoms with Crippen LogP contribution in [-0.2, 0) is 29.3 Å². The first-order valence-corrected chi connectivity index (χ1v) is 9.61. The average Bonchev–Trinajstić information content (AvgIpc) is 3.46. The van der Waals surface area contributed by atoms with Crippen molar-refractivity contribution in [3.05, 3.63) is 54.0 Å². The van der Waals surface area contributed by atoms with Gasteiger partial charge in [0.1, 0.15) is 22.6 Å². The minimum Gasteiger partial charge on any atom is -0.468 e. The summed E-state index contributed by atoms with van der Waals surface area (Å²) in [5, 5.41) is 6.17. The molecular formula is C21H20N2O6. The summed E-state index contributed by atoms with van der Waals surface area (Å²) in [5.74, 6) is -2.19. The molecule has 1 aromatic heterocycles. The summed E-state index contributed by atoms with van der Waals surface area (Å²) in [6.45, 7) is 1.98. The predicted octanol–water partition coefficient (Wildman–Crippen LogP) is 1.68. The molecule has 150 valence electrons. The Balaban J connectivity index is 1.81.